The smallest absolute Gasteiger partial charge is 0.151 e. The molecule has 3 aromatic rings. The van der Waals surface area contributed by atoms with Crippen LogP contribution in [0.25, 0.3) is 22.4 Å². The van der Waals surface area contributed by atoms with E-state index in [0.717, 1.165) is 42.8 Å². The van der Waals surface area contributed by atoms with Crippen LogP contribution in [0.15, 0.2) is 42.7 Å². The second-order valence-corrected chi connectivity index (χ2v) is 10.4. The van der Waals surface area contributed by atoms with Crippen LogP contribution in [0.4, 0.5) is 5.82 Å². The number of benzene rings is 1. The number of H-pyrrole nitrogens is 1. The number of rotatable bonds is 6. The number of aromatic amines is 1. The zero-order valence-electron chi connectivity index (χ0n) is 20.6. The SMILES string of the molecule is CCCN1C(C)(C)CC(N(C)c2ccc(-c3ccc(-c4cn[nH]c4)cc3O)nn2)CC1(C)C. The molecule has 4 rings (SSSR count). The summed E-state index contributed by atoms with van der Waals surface area (Å²) in [5.74, 6) is 1.03. The summed E-state index contributed by atoms with van der Waals surface area (Å²) in [5.41, 5.74) is 3.38. The quantitative estimate of drug-likeness (QED) is 0.546. The van der Waals surface area contributed by atoms with Crippen LogP contribution < -0.4 is 4.90 Å². The third kappa shape index (κ3) is 4.60. The molecule has 2 N–H and O–H groups in total. The molecule has 0 saturated carbocycles. The lowest BCUT2D eigenvalue weighted by Gasteiger charge is -2.57. The van der Waals surface area contributed by atoms with Gasteiger partial charge in [0.1, 0.15) is 5.75 Å². The molecule has 1 aliphatic heterocycles. The highest BCUT2D eigenvalue weighted by atomic mass is 16.3. The predicted molar refractivity (Wildman–Crippen MR) is 133 cm³/mol. The maximum atomic E-state index is 10.6. The standard InChI is InChI=1S/C26H36N6O/c1-7-12-32-25(2,3)14-20(15-26(32,4)5)31(6)24-11-10-22(29-30-24)21-9-8-18(13-23(21)33)19-16-27-28-17-19/h8-11,13,16-17,20,33H,7,12,14-15H2,1-6H3,(H,27,28). The van der Waals surface area contributed by atoms with Crippen molar-refractivity contribution in [1.82, 2.24) is 25.3 Å². The molecule has 0 unspecified atom stereocenters. The number of aromatic nitrogens is 4. The Kier molecular flexibility index (Phi) is 6.18. The lowest BCUT2D eigenvalue weighted by Crippen LogP contribution is -2.64. The van der Waals surface area contributed by atoms with Crippen LogP contribution in [0.3, 0.4) is 0 Å². The summed E-state index contributed by atoms with van der Waals surface area (Å²) in [6.07, 6.45) is 6.85. The Morgan fingerprint density at radius 2 is 1.79 bits per heavy atom. The number of hydrogen-bond donors (Lipinski definition) is 2. The van der Waals surface area contributed by atoms with Gasteiger partial charge in [0.05, 0.1) is 11.9 Å². The molecule has 1 saturated heterocycles. The van der Waals surface area contributed by atoms with Gasteiger partial charge in [-0.25, -0.2) is 0 Å². The normalized spacial score (nSPS) is 18.4. The molecule has 7 nitrogen and oxygen atoms in total. The molecule has 1 aromatic carbocycles. The zero-order valence-corrected chi connectivity index (χ0v) is 20.6. The number of phenols is 1. The van der Waals surface area contributed by atoms with Gasteiger partial charge in [0, 0.05) is 41.5 Å². The Balaban J connectivity index is 1.53. The predicted octanol–water partition coefficient (Wildman–Crippen LogP) is 5.11. The molecule has 0 aliphatic carbocycles. The molecular weight excluding hydrogens is 412 g/mol. The van der Waals surface area contributed by atoms with E-state index in [4.69, 9.17) is 0 Å². The number of anilines is 1. The van der Waals surface area contributed by atoms with Crippen LogP contribution >= 0.6 is 0 Å². The molecule has 1 aliphatic rings. The van der Waals surface area contributed by atoms with E-state index in [0.29, 0.717) is 17.3 Å². The third-order valence-corrected chi connectivity index (χ3v) is 7.04. The highest BCUT2D eigenvalue weighted by molar-refractivity contribution is 5.73. The van der Waals surface area contributed by atoms with E-state index in [-0.39, 0.29) is 16.8 Å². The van der Waals surface area contributed by atoms with Gasteiger partial charge in [0.25, 0.3) is 0 Å². The summed E-state index contributed by atoms with van der Waals surface area (Å²) >= 11 is 0. The molecule has 7 heteroatoms. The Hall–Kier alpha value is -2.93. The Morgan fingerprint density at radius 1 is 1.06 bits per heavy atom. The molecule has 0 radical (unpaired) electrons. The fourth-order valence-corrected chi connectivity index (χ4v) is 5.55. The molecule has 0 amide bonds. The van der Waals surface area contributed by atoms with Crippen LogP contribution in [-0.4, -0.2) is 61.1 Å². The Bertz CT molecular complexity index is 1060. The lowest BCUT2D eigenvalue weighted by molar-refractivity contribution is -0.0350. The van der Waals surface area contributed by atoms with Crippen LogP contribution in [0.2, 0.25) is 0 Å². The molecule has 0 atom stereocenters. The first-order valence-corrected chi connectivity index (χ1v) is 11.8. The van der Waals surface area contributed by atoms with Gasteiger partial charge in [-0.15, -0.1) is 10.2 Å². The van der Waals surface area contributed by atoms with Crippen molar-refractivity contribution in [2.24, 2.45) is 0 Å². The number of nitrogens with zero attached hydrogens (tertiary/aromatic N) is 5. The first-order valence-electron chi connectivity index (χ1n) is 11.8. The maximum Gasteiger partial charge on any atom is 0.151 e. The van der Waals surface area contributed by atoms with Gasteiger partial charge in [-0.05, 0) is 83.3 Å². The van der Waals surface area contributed by atoms with Crippen molar-refractivity contribution in [3.8, 4) is 28.1 Å². The van der Waals surface area contributed by atoms with Gasteiger partial charge in [-0.1, -0.05) is 13.0 Å². The number of likely N-dealkylation sites (tertiary alicyclic amines) is 1. The Morgan fingerprint density at radius 3 is 2.33 bits per heavy atom. The molecule has 1 fully saturated rings. The number of nitrogens with one attached hydrogen (secondary N) is 1. The van der Waals surface area contributed by atoms with Gasteiger partial charge in [-0.2, -0.15) is 5.10 Å². The maximum absolute atomic E-state index is 10.6. The summed E-state index contributed by atoms with van der Waals surface area (Å²) in [6, 6.07) is 9.88. The monoisotopic (exact) mass is 448 g/mol. The zero-order chi connectivity index (χ0) is 23.8. The largest absolute Gasteiger partial charge is 0.507 e. The second-order valence-electron chi connectivity index (χ2n) is 10.4. The Labute approximate surface area is 196 Å². The van der Waals surface area contributed by atoms with E-state index in [1.807, 2.05) is 24.3 Å². The highest BCUT2D eigenvalue weighted by Gasteiger charge is 2.45. The van der Waals surface area contributed by atoms with E-state index >= 15 is 0 Å². The van der Waals surface area contributed by atoms with Gasteiger partial charge in [0.15, 0.2) is 5.82 Å². The van der Waals surface area contributed by atoms with Crippen molar-refractivity contribution in [3.05, 3.63) is 42.7 Å². The van der Waals surface area contributed by atoms with E-state index in [2.05, 4.69) is 71.9 Å². The van der Waals surface area contributed by atoms with E-state index in [9.17, 15) is 5.11 Å². The third-order valence-electron chi connectivity index (χ3n) is 7.04. The number of hydrogen-bond acceptors (Lipinski definition) is 6. The summed E-state index contributed by atoms with van der Waals surface area (Å²) in [4.78, 5) is 4.93. The van der Waals surface area contributed by atoms with Gasteiger partial charge in [-0.3, -0.25) is 10.00 Å². The first kappa shape index (κ1) is 23.2. The molecule has 2 aromatic heterocycles. The van der Waals surface area contributed by atoms with Crippen molar-refractivity contribution in [2.45, 2.75) is 71.0 Å². The van der Waals surface area contributed by atoms with Crippen LogP contribution in [0.5, 0.6) is 5.75 Å². The van der Waals surface area contributed by atoms with E-state index < -0.39 is 0 Å². The minimum absolute atomic E-state index is 0.118. The molecule has 3 heterocycles. The van der Waals surface area contributed by atoms with Crippen molar-refractivity contribution >= 4 is 5.82 Å². The fourth-order valence-electron chi connectivity index (χ4n) is 5.55. The van der Waals surface area contributed by atoms with Crippen LogP contribution in [0.1, 0.15) is 53.9 Å². The minimum Gasteiger partial charge on any atom is -0.507 e. The highest BCUT2D eigenvalue weighted by Crippen LogP contribution is 2.41. The van der Waals surface area contributed by atoms with Crippen molar-refractivity contribution < 1.29 is 5.11 Å². The van der Waals surface area contributed by atoms with Crippen LogP contribution in [-0.2, 0) is 0 Å². The molecule has 0 bridgehead atoms. The average molecular weight is 449 g/mol. The topological polar surface area (TPSA) is 81.2 Å². The number of phenolic OH excluding ortho intramolecular Hbond substituents is 1. The summed E-state index contributed by atoms with van der Waals surface area (Å²) in [6.45, 7) is 12.8. The van der Waals surface area contributed by atoms with Crippen molar-refractivity contribution in [2.75, 3.05) is 18.5 Å². The van der Waals surface area contributed by atoms with Crippen molar-refractivity contribution in [3.63, 3.8) is 0 Å². The van der Waals surface area contributed by atoms with Gasteiger partial charge >= 0.3 is 0 Å². The molecule has 176 valence electrons. The number of piperidine rings is 1. The second kappa shape index (κ2) is 8.78. The average Bonchev–Trinajstić information content (AvgIpc) is 3.30. The summed E-state index contributed by atoms with van der Waals surface area (Å²) < 4.78 is 0. The van der Waals surface area contributed by atoms with Crippen molar-refractivity contribution in [1.29, 1.82) is 0 Å². The molecule has 0 spiro atoms. The fraction of sp³-hybridized carbons (Fsp3) is 0.500. The van der Waals surface area contributed by atoms with Gasteiger partial charge < -0.3 is 10.0 Å². The minimum atomic E-state index is 0.118. The molecular formula is C26H36N6O. The summed E-state index contributed by atoms with van der Waals surface area (Å²) in [7, 11) is 2.12. The first-order chi connectivity index (χ1) is 15.6. The van der Waals surface area contributed by atoms with E-state index in [1.165, 1.54) is 0 Å². The van der Waals surface area contributed by atoms with Gasteiger partial charge in [0.2, 0.25) is 0 Å². The van der Waals surface area contributed by atoms with Crippen LogP contribution in [0, 0.1) is 0 Å². The molecule has 33 heavy (non-hydrogen) atoms. The summed E-state index contributed by atoms with van der Waals surface area (Å²) in [5, 5.41) is 26.3. The number of aromatic hydroxyl groups is 1. The van der Waals surface area contributed by atoms with E-state index in [1.54, 1.807) is 18.5 Å². The lowest BCUT2D eigenvalue weighted by atomic mass is 9.76.